The SMILES string of the molecule is CN(CCNC(=O)c1ccoc1Cl)C1CC1. The monoisotopic (exact) mass is 242 g/mol. The first kappa shape index (κ1) is 11.5. The number of hydrogen-bond acceptors (Lipinski definition) is 3. The number of carbonyl (C=O) groups excluding carboxylic acids is 1. The molecule has 4 nitrogen and oxygen atoms in total. The third-order valence-corrected chi connectivity index (χ3v) is 3.08. The molecule has 1 aliphatic carbocycles. The van der Waals surface area contributed by atoms with Gasteiger partial charge in [-0.2, -0.15) is 0 Å². The van der Waals surface area contributed by atoms with Crippen LogP contribution in [0.1, 0.15) is 23.2 Å². The highest BCUT2D eigenvalue weighted by Gasteiger charge is 2.25. The molecule has 1 amide bonds. The van der Waals surface area contributed by atoms with Gasteiger partial charge in [-0.15, -0.1) is 0 Å². The zero-order valence-electron chi connectivity index (χ0n) is 9.20. The Morgan fingerprint density at radius 1 is 1.69 bits per heavy atom. The minimum atomic E-state index is -0.178. The summed E-state index contributed by atoms with van der Waals surface area (Å²) in [6.45, 7) is 1.50. The third kappa shape index (κ3) is 2.77. The van der Waals surface area contributed by atoms with E-state index in [9.17, 15) is 4.79 Å². The summed E-state index contributed by atoms with van der Waals surface area (Å²) in [5.41, 5.74) is 0.399. The predicted octanol–water partition coefficient (Wildman–Crippen LogP) is 1.76. The summed E-state index contributed by atoms with van der Waals surface area (Å²) in [4.78, 5) is 13.9. The molecule has 0 saturated heterocycles. The highest BCUT2D eigenvalue weighted by Crippen LogP contribution is 2.24. The molecule has 0 unspecified atom stereocenters. The van der Waals surface area contributed by atoms with Crippen LogP contribution in [-0.4, -0.2) is 37.0 Å². The lowest BCUT2D eigenvalue weighted by atomic mass is 10.3. The van der Waals surface area contributed by atoms with Crippen LogP contribution in [0.3, 0.4) is 0 Å². The van der Waals surface area contributed by atoms with Crippen molar-refractivity contribution in [3.8, 4) is 0 Å². The molecule has 1 aliphatic rings. The molecule has 1 N–H and O–H groups in total. The summed E-state index contributed by atoms with van der Waals surface area (Å²) in [6, 6.07) is 2.29. The molecule has 1 heterocycles. The van der Waals surface area contributed by atoms with Gasteiger partial charge >= 0.3 is 0 Å². The molecule has 0 atom stereocenters. The molecule has 0 bridgehead atoms. The number of nitrogens with one attached hydrogen (secondary N) is 1. The van der Waals surface area contributed by atoms with E-state index >= 15 is 0 Å². The highest BCUT2D eigenvalue weighted by molar-refractivity contribution is 6.32. The Kier molecular flexibility index (Phi) is 3.51. The minimum absolute atomic E-state index is 0.146. The summed E-state index contributed by atoms with van der Waals surface area (Å²) in [7, 11) is 2.08. The van der Waals surface area contributed by atoms with Gasteiger partial charge in [-0.3, -0.25) is 4.79 Å². The van der Waals surface area contributed by atoms with E-state index in [2.05, 4.69) is 17.3 Å². The zero-order chi connectivity index (χ0) is 11.5. The van der Waals surface area contributed by atoms with E-state index in [1.807, 2.05) is 0 Å². The van der Waals surface area contributed by atoms with Gasteiger partial charge in [0.25, 0.3) is 5.91 Å². The topological polar surface area (TPSA) is 45.5 Å². The van der Waals surface area contributed by atoms with Crippen molar-refractivity contribution < 1.29 is 9.21 Å². The fourth-order valence-corrected chi connectivity index (χ4v) is 1.79. The summed E-state index contributed by atoms with van der Waals surface area (Å²) in [5.74, 6) is -0.178. The molecule has 0 aliphatic heterocycles. The Bertz CT molecular complexity index is 374. The van der Waals surface area contributed by atoms with Crippen molar-refractivity contribution in [3.05, 3.63) is 23.1 Å². The van der Waals surface area contributed by atoms with E-state index in [0.717, 1.165) is 12.6 Å². The second kappa shape index (κ2) is 4.89. The van der Waals surface area contributed by atoms with Gasteiger partial charge in [0.2, 0.25) is 5.22 Å². The summed E-state index contributed by atoms with van der Waals surface area (Å²) in [6.07, 6.45) is 3.96. The maximum Gasteiger partial charge on any atom is 0.256 e. The highest BCUT2D eigenvalue weighted by atomic mass is 35.5. The number of carbonyl (C=O) groups is 1. The van der Waals surface area contributed by atoms with E-state index in [4.69, 9.17) is 16.0 Å². The van der Waals surface area contributed by atoms with Crippen molar-refractivity contribution in [3.63, 3.8) is 0 Å². The van der Waals surface area contributed by atoms with E-state index in [1.54, 1.807) is 6.07 Å². The summed E-state index contributed by atoms with van der Waals surface area (Å²) < 4.78 is 4.86. The van der Waals surface area contributed by atoms with Crippen molar-refractivity contribution in [2.75, 3.05) is 20.1 Å². The van der Waals surface area contributed by atoms with E-state index < -0.39 is 0 Å². The van der Waals surface area contributed by atoms with Crippen LogP contribution >= 0.6 is 11.6 Å². The number of rotatable bonds is 5. The van der Waals surface area contributed by atoms with Crippen LogP contribution in [0.4, 0.5) is 0 Å². The van der Waals surface area contributed by atoms with E-state index in [1.165, 1.54) is 19.1 Å². The molecule has 2 rings (SSSR count). The van der Waals surface area contributed by atoms with Crippen LogP contribution in [0, 0.1) is 0 Å². The quantitative estimate of drug-likeness (QED) is 0.856. The largest absolute Gasteiger partial charge is 0.452 e. The summed E-state index contributed by atoms with van der Waals surface area (Å²) >= 11 is 5.70. The van der Waals surface area contributed by atoms with Gasteiger partial charge in [-0.1, -0.05) is 0 Å². The Labute approximate surface area is 99.5 Å². The number of furan rings is 1. The Morgan fingerprint density at radius 2 is 2.44 bits per heavy atom. The number of halogens is 1. The first-order valence-electron chi connectivity index (χ1n) is 5.40. The summed E-state index contributed by atoms with van der Waals surface area (Å²) in [5, 5.41) is 2.96. The first-order chi connectivity index (χ1) is 7.68. The number of likely N-dealkylation sites (N-methyl/N-ethyl adjacent to an activating group) is 1. The first-order valence-corrected chi connectivity index (χ1v) is 5.77. The maximum absolute atomic E-state index is 11.6. The molecular formula is C11H15ClN2O2. The van der Waals surface area contributed by atoms with Gasteiger partial charge in [0.1, 0.15) is 0 Å². The molecule has 1 saturated carbocycles. The van der Waals surface area contributed by atoms with Gasteiger partial charge < -0.3 is 14.6 Å². The fraction of sp³-hybridized carbons (Fsp3) is 0.545. The van der Waals surface area contributed by atoms with Crippen LogP contribution in [-0.2, 0) is 0 Å². The zero-order valence-corrected chi connectivity index (χ0v) is 9.96. The standard InChI is InChI=1S/C11H15ClN2O2/c1-14(8-2-3-8)6-5-13-11(15)9-4-7-16-10(9)12/h4,7-8H,2-3,5-6H2,1H3,(H,13,15). The van der Waals surface area contributed by atoms with Crippen LogP contribution in [0.2, 0.25) is 5.22 Å². The van der Waals surface area contributed by atoms with Crippen molar-refractivity contribution in [1.82, 2.24) is 10.2 Å². The average Bonchev–Trinajstić information content (AvgIpc) is 3.01. The molecular weight excluding hydrogens is 228 g/mol. The van der Waals surface area contributed by atoms with Crippen LogP contribution < -0.4 is 5.32 Å². The molecule has 0 aromatic carbocycles. The number of amides is 1. The van der Waals surface area contributed by atoms with Crippen molar-refractivity contribution in [2.24, 2.45) is 0 Å². The van der Waals surface area contributed by atoms with Gasteiger partial charge in [-0.25, -0.2) is 0 Å². The van der Waals surface area contributed by atoms with E-state index in [0.29, 0.717) is 12.1 Å². The number of hydrogen-bond donors (Lipinski definition) is 1. The minimum Gasteiger partial charge on any atom is -0.452 e. The smallest absolute Gasteiger partial charge is 0.256 e. The van der Waals surface area contributed by atoms with Gasteiger partial charge in [0, 0.05) is 19.1 Å². The van der Waals surface area contributed by atoms with Crippen molar-refractivity contribution in [1.29, 1.82) is 0 Å². The van der Waals surface area contributed by atoms with Gasteiger partial charge in [0.15, 0.2) is 0 Å². The molecule has 5 heteroatoms. The molecule has 1 aromatic rings. The molecule has 0 radical (unpaired) electrons. The third-order valence-electron chi connectivity index (χ3n) is 2.78. The van der Waals surface area contributed by atoms with Gasteiger partial charge in [0.05, 0.1) is 11.8 Å². The molecule has 16 heavy (non-hydrogen) atoms. The van der Waals surface area contributed by atoms with Crippen LogP contribution in [0.15, 0.2) is 16.7 Å². The molecule has 1 fully saturated rings. The second-order valence-corrected chi connectivity index (χ2v) is 4.42. The Morgan fingerprint density at radius 3 is 3.00 bits per heavy atom. The predicted molar refractivity (Wildman–Crippen MR) is 61.7 cm³/mol. The lowest BCUT2D eigenvalue weighted by Gasteiger charge is -2.15. The molecule has 0 spiro atoms. The maximum atomic E-state index is 11.6. The molecule has 88 valence electrons. The lowest BCUT2D eigenvalue weighted by molar-refractivity contribution is 0.0949. The van der Waals surface area contributed by atoms with E-state index in [-0.39, 0.29) is 11.1 Å². The second-order valence-electron chi connectivity index (χ2n) is 4.08. The average molecular weight is 243 g/mol. The van der Waals surface area contributed by atoms with Crippen LogP contribution in [0.25, 0.3) is 0 Å². The van der Waals surface area contributed by atoms with Crippen LogP contribution in [0.5, 0.6) is 0 Å². The lowest BCUT2D eigenvalue weighted by Crippen LogP contribution is -2.33. The van der Waals surface area contributed by atoms with Gasteiger partial charge in [-0.05, 0) is 37.6 Å². The molecule has 1 aromatic heterocycles. The van der Waals surface area contributed by atoms with Crippen molar-refractivity contribution >= 4 is 17.5 Å². The van der Waals surface area contributed by atoms with Crippen molar-refractivity contribution in [2.45, 2.75) is 18.9 Å². The Hall–Kier alpha value is -1.00. The fourth-order valence-electron chi connectivity index (χ4n) is 1.59. The normalized spacial score (nSPS) is 15.4. The number of nitrogens with zero attached hydrogens (tertiary/aromatic N) is 1. The Balaban J connectivity index is 1.73.